The zero-order valence-electron chi connectivity index (χ0n) is 7.22. The van der Waals surface area contributed by atoms with Crippen LogP contribution in [-0.2, 0) is 14.3 Å². The lowest BCUT2D eigenvalue weighted by Crippen LogP contribution is -2.33. The molecule has 0 aromatic heterocycles. The Balaban J connectivity index is 3.94. The molecular weight excluding hydrogens is 163 g/mol. The second kappa shape index (κ2) is 4.68. The molecule has 66 valence electrons. The minimum absolute atomic E-state index is 0.341. The summed E-state index contributed by atoms with van der Waals surface area (Å²) in [5.74, 6) is -0.341. The van der Waals surface area contributed by atoms with Gasteiger partial charge in [0, 0.05) is 6.61 Å². The lowest BCUT2D eigenvalue weighted by Gasteiger charge is -2.21. The van der Waals surface area contributed by atoms with E-state index in [1.165, 1.54) is 0 Å². The SMILES string of the molecule is CCOC(=O)C(C)(P)OCC. The fraction of sp³-hybridized carbons (Fsp3) is 0.857. The molecule has 0 spiro atoms. The van der Waals surface area contributed by atoms with E-state index in [1.54, 1.807) is 13.8 Å². The second-order valence-corrected chi connectivity index (χ2v) is 3.36. The van der Waals surface area contributed by atoms with Crippen LogP contribution in [0.3, 0.4) is 0 Å². The maximum Gasteiger partial charge on any atom is 0.341 e. The van der Waals surface area contributed by atoms with E-state index in [0.29, 0.717) is 13.2 Å². The molecule has 0 aliphatic heterocycles. The van der Waals surface area contributed by atoms with Crippen LogP contribution in [0.5, 0.6) is 0 Å². The van der Waals surface area contributed by atoms with Crippen molar-refractivity contribution in [2.45, 2.75) is 26.1 Å². The summed E-state index contributed by atoms with van der Waals surface area (Å²) in [5.41, 5.74) is 0. The molecule has 0 N–H and O–H groups in total. The van der Waals surface area contributed by atoms with Crippen LogP contribution in [0.15, 0.2) is 0 Å². The van der Waals surface area contributed by atoms with Gasteiger partial charge in [-0.25, -0.2) is 4.79 Å². The summed E-state index contributed by atoms with van der Waals surface area (Å²) < 4.78 is 9.91. The quantitative estimate of drug-likeness (QED) is 0.479. The molecule has 4 heteroatoms. The first-order chi connectivity index (χ1) is 5.04. The zero-order chi connectivity index (χ0) is 8.91. The molecule has 2 atom stereocenters. The minimum Gasteiger partial charge on any atom is -0.464 e. The zero-order valence-corrected chi connectivity index (χ0v) is 8.37. The summed E-state index contributed by atoms with van der Waals surface area (Å²) in [5, 5.41) is -0.884. The summed E-state index contributed by atoms with van der Waals surface area (Å²) in [4.78, 5) is 11.1. The van der Waals surface area contributed by atoms with Crippen molar-refractivity contribution in [3.8, 4) is 0 Å². The highest BCUT2D eigenvalue weighted by Crippen LogP contribution is 2.20. The van der Waals surface area contributed by atoms with Gasteiger partial charge in [-0.1, -0.05) is 9.24 Å². The van der Waals surface area contributed by atoms with Crippen LogP contribution < -0.4 is 0 Å². The number of ether oxygens (including phenoxy) is 2. The molecule has 2 unspecified atom stereocenters. The molecule has 0 aliphatic rings. The van der Waals surface area contributed by atoms with Gasteiger partial charge in [-0.2, -0.15) is 0 Å². The summed E-state index contributed by atoms with van der Waals surface area (Å²) in [6.45, 7) is 6.15. The average Bonchev–Trinajstić information content (AvgIpc) is 1.88. The highest BCUT2D eigenvalue weighted by Gasteiger charge is 2.29. The van der Waals surface area contributed by atoms with Crippen molar-refractivity contribution in [1.82, 2.24) is 0 Å². The van der Waals surface area contributed by atoms with Gasteiger partial charge >= 0.3 is 5.97 Å². The topological polar surface area (TPSA) is 35.5 Å². The molecule has 0 rings (SSSR count). The standard InChI is InChI=1S/C7H15O3P/c1-4-9-6(8)7(3,11)10-5-2/h4-5,11H2,1-3H3. The maximum atomic E-state index is 11.1. The molecule has 0 aromatic carbocycles. The van der Waals surface area contributed by atoms with Gasteiger partial charge in [0.15, 0.2) is 5.34 Å². The summed E-state index contributed by atoms with van der Waals surface area (Å²) in [6.07, 6.45) is 0. The first-order valence-electron chi connectivity index (χ1n) is 3.64. The van der Waals surface area contributed by atoms with Gasteiger partial charge in [0.2, 0.25) is 0 Å². The Morgan fingerprint density at radius 2 is 2.00 bits per heavy atom. The molecule has 0 saturated carbocycles. The largest absolute Gasteiger partial charge is 0.464 e. The fourth-order valence-electron chi connectivity index (χ4n) is 0.633. The molecule has 0 aromatic rings. The minimum atomic E-state index is -0.884. The van der Waals surface area contributed by atoms with E-state index in [9.17, 15) is 4.79 Å². The van der Waals surface area contributed by atoms with E-state index in [2.05, 4.69) is 9.24 Å². The third-order valence-electron chi connectivity index (χ3n) is 1.12. The Morgan fingerprint density at radius 1 is 1.45 bits per heavy atom. The van der Waals surface area contributed by atoms with Crippen LogP contribution >= 0.6 is 9.24 Å². The molecule has 0 aliphatic carbocycles. The van der Waals surface area contributed by atoms with Crippen molar-refractivity contribution in [2.24, 2.45) is 0 Å². The van der Waals surface area contributed by atoms with Crippen LogP contribution in [0, 0.1) is 0 Å². The molecule has 0 amide bonds. The molecule has 0 fully saturated rings. The third kappa shape index (κ3) is 3.68. The summed E-state index contributed by atoms with van der Waals surface area (Å²) >= 11 is 0. The Labute approximate surface area is 69.6 Å². The molecule has 3 nitrogen and oxygen atoms in total. The monoisotopic (exact) mass is 178 g/mol. The van der Waals surface area contributed by atoms with Crippen LogP contribution in [-0.4, -0.2) is 24.5 Å². The summed E-state index contributed by atoms with van der Waals surface area (Å²) in [6, 6.07) is 0. The molecular formula is C7H15O3P. The predicted molar refractivity (Wildman–Crippen MR) is 46.4 cm³/mol. The Bertz CT molecular complexity index is 134. The van der Waals surface area contributed by atoms with Crippen molar-refractivity contribution in [2.75, 3.05) is 13.2 Å². The van der Waals surface area contributed by atoms with Gasteiger partial charge < -0.3 is 9.47 Å². The van der Waals surface area contributed by atoms with Crippen molar-refractivity contribution in [3.63, 3.8) is 0 Å². The normalized spacial score (nSPS) is 15.6. The lowest BCUT2D eigenvalue weighted by atomic mass is 10.4. The number of hydrogen-bond acceptors (Lipinski definition) is 3. The smallest absolute Gasteiger partial charge is 0.341 e. The first-order valence-corrected chi connectivity index (χ1v) is 4.22. The van der Waals surface area contributed by atoms with E-state index in [0.717, 1.165) is 0 Å². The van der Waals surface area contributed by atoms with Crippen LogP contribution in [0.25, 0.3) is 0 Å². The van der Waals surface area contributed by atoms with Crippen molar-refractivity contribution in [1.29, 1.82) is 0 Å². The van der Waals surface area contributed by atoms with E-state index in [-0.39, 0.29) is 5.97 Å². The molecule has 0 heterocycles. The maximum absolute atomic E-state index is 11.1. The molecule has 0 saturated heterocycles. The van der Waals surface area contributed by atoms with Gasteiger partial charge in [-0.3, -0.25) is 0 Å². The predicted octanol–water partition coefficient (Wildman–Crippen LogP) is 1.18. The highest BCUT2D eigenvalue weighted by molar-refractivity contribution is 7.20. The van der Waals surface area contributed by atoms with Crippen LogP contribution in [0.1, 0.15) is 20.8 Å². The molecule has 11 heavy (non-hydrogen) atoms. The molecule has 0 bridgehead atoms. The number of esters is 1. The third-order valence-corrected chi connectivity index (χ3v) is 1.53. The Morgan fingerprint density at radius 3 is 2.36 bits per heavy atom. The van der Waals surface area contributed by atoms with E-state index in [4.69, 9.17) is 9.47 Å². The van der Waals surface area contributed by atoms with Crippen molar-refractivity contribution < 1.29 is 14.3 Å². The van der Waals surface area contributed by atoms with Gasteiger partial charge in [0.05, 0.1) is 6.61 Å². The van der Waals surface area contributed by atoms with E-state index in [1.807, 2.05) is 6.92 Å². The van der Waals surface area contributed by atoms with Crippen molar-refractivity contribution >= 4 is 15.2 Å². The average molecular weight is 178 g/mol. The number of carbonyl (C=O) groups excluding carboxylic acids is 1. The lowest BCUT2D eigenvalue weighted by molar-refractivity contribution is -0.158. The summed E-state index contributed by atoms with van der Waals surface area (Å²) in [7, 11) is 2.33. The van der Waals surface area contributed by atoms with Gasteiger partial charge in [0.25, 0.3) is 0 Å². The van der Waals surface area contributed by atoms with Crippen molar-refractivity contribution in [3.05, 3.63) is 0 Å². The van der Waals surface area contributed by atoms with E-state index >= 15 is 0 Å². The second-order valence-electron chi connectivity index (χ2n) is 2.26. The number of hydrogen-bond donors (Lipinski definition) is 0. The van der Waals surface area contributed by atoms with Crippen LogP contribution in [0.2, 0.25) is 0 Å². The van der Waals surface area contributed by atoms with Crippen LogP contribution in [0.4, 0.5) is 0 Å². The van der Waals surface area contributed by atoms with Gasteiger partial charge in [0.1, 0.15) is 0 Å². The fourth-order valence-corrected chi connectivity index (χ4v) is 0.883. The Hall–Kier alpha value is -0.140. The first kappa shape index (κ1) is 10.9. The number of rotatable bonds is 4. The van der Waals surface area contributed by atoms with Gasteiger partial charge in [-0.05, 0) is 20.8 Å². The number of carbonyl (C=O) groups is 1. The Kier molecular flexibility index (Phi) is 4.62. The molecule has 0 radical (unpaired) electrons. The van der Waals surface area contributed by atoms with E-state index < -0.39 is 5.34 Å². The van der Waals surface area contributed by atoms with Gasteiger partial charge in [-0.15, -0.1) is 0 Å². The highest BCUT2D eigenvalue weighted by atomic mass is 31.0.